The zero-order valence-corrected chi connectivity index (χ0v) is 12.5. The summed E-state index contributed by atoms with van der Waals surface area (Å²) in [5, 5.41) is 9.37. The van der Waals surface area contributed by atoms with Crippen LogP contribution in [0.15, 0.2) is 65.5 Å². The van der Waals surface area contributed by atoms with Crippen molar-refractivity contribution < 1.29 is 4.74 Å². The van der Waals surface area contributed by atoms with E-state index in [-0.39, 0.29) is 5.56 Å². The summed E-state index contributed by atoms with van der Waals surface area (Å²) in [6.07, 6.45) is 0. The molecular formula is C19H14N2O2. The van der Waals surface area contributed by atoms with Gasteiger partial charge in [-0.1, -0.05) is 48.5 Å². The van der Waals surface area contributed by atoms with Crippen molar-refractivity contribution in [1.29, 1.82) is 5.26 Å². The van der Waals surface area contributed by atoms with Gasteiger partial charge in [-0.15, -0.1) is 0 Å². The van der Waals surface area contributed by atoms with Crippen LogP contribution in [0.3, 0.4) is 0 Å². The lowest BCUT2D eigenvalue weighted by atomic mass is 9.98. The normalized spacial score (nSPS) is 10.1. The fourth-order valence-corrected chi connectivity index (χ4v) is 2.52. The third-order valence-corrected chi connectivity index (χ3v) is 3.63. The number of methoxy groups -OCH3 is 1. The van der Waals surface area contributed by atoms with Crippen LogP contribution in [0.5, 0.6) is 5.75 Å². The first-order valence-electron chi connectivity index (χ1n) is 7.11. The fraction of sp³-hybridized carbons (Fsp3) is 0.0526. The molecular weight excluding hydrogens is 288 g/mol. The molecule has 0 spiro atoms. The van der Waals surface area contributed by atoms with Gasteiger partial charge in [0.25, 0.3) is 5.56 Å². The molecule has 1 heterocycles. The lowest BCUT2D eigenvalue weighted by Crippen LogP contribution is -2.12. The number of H-pyrrole nitrogens is 1. The first kappa shape index (κ1) is 14.6. The molecule has 0 aliphatic rings. The van der Waals surface area contributed by atoms with Gasteiger partial charge in [0.1, 0.15) is 17.4 Å². The topological polar surface area (TPSA) is 65.9 Å². The highest BCUT2D eigenvalue weighted by Gasteiger charge is 2.15. The van der Waals surface area contributed by atoms with Crippen LogP contribution in [-0.2, 0) is 0 Å². The lowest BCUT2D eigenvalue weighted by molar-refractivity contribution is 0.416. The van der Waals surface area contributed by atoms with Gasteiger partial charge in [0, 0.05) is 16.8 Å². The van der Waals surface area contributed by atoms with Crippen LogP contribution in [0.2, 0.25) is 0 Å². The van der Waals surface area contributed by atoms with Crippen LogP contribution >= 0.6 is 0 Å². The van der Waals surface area contributed by atoms with Gasteiger partial charge in [0.2, 0.25) is 0 Å². The first-order valence-corrected chi connectivity index (χ1v) is 7.11. The standard InChI is InChI=1S/C19H14N2O2/c1-23-18-10-6-5-9-14(18)15-11-17(13-7-3-2-4-8-13)21-19(22)16(15)12-20/h2-11H,1H3,(H,21,22). The Kier molecular flexibility index (Phi) is 3.94. The zero-order valence-electron chi connectivity index (χ0n) is 12.5. The van der Waals surface area contributed by atoms with Crippen LogP contribution in [0, 0.1) is 11.3 Å². The highest BCUT2D eigenvalue weighted by molar-refractivity contribution is 5.78. The van der Waals surface area contributed by atoms with Gasteiger partial charge >= 0.3 is 0 Å². The molecule has 0 amide bonds. The number of benzene rings is 2. The summed E-state index contributed by atoms with van der Waals surface area (Å²) < 4.78 is 5.36. The van der Waals surface area contributed by atoms with Gasteiger partial charge in [-0.25, -0.2) is 0 Å². The minimum atomic E-state index is -0.408. The minimum Gasteiger partial charge on any atom is -0.496 e. The van der Waals surface area contributed by atoms with E-state index in [0.717, 1.165) is 11.1 Å². The third kappa shape index (κ3) is 2.72. The third-order valence-electron chi connectivity index (χ3n) is 3.63. The maximum Gasteiger partial charge on any atom is 0.266 e. The smallest absolute Gasteiger partial charge is 0.266 e. The maximum atomic E-state index is 12.3. The van der Waals surface area contributed by atoms with Crippen molar-refractivity contribution in [2.45, 2.75) is 0 Å². The molecule has 0 saturated carbocycles. The Morgan fingerprint density at radius 1 is 1.00 bits per heavy atom. The molecule has 0 aliphatic heterocycles. The van der Waals surface area contributed by atoms with Crippen molar-refractivity contribution >= 4 is 0 Å². The monoisotopic (exact) mass is 302 g/mol. The molecule has 1 aromatic heterocycles. The minimum absolute atomic E-state index is 0.0779. The van der Waals surface area contributed by atoms with Gasteiger partial charge in [-0.2, -0.15) is 5.26 Å². The molecule has 112 valence electrons. The molecule has 0 aliphatic carbocycles. The Balaban J connectivity index is 2.30. The van der Waals surface area contributed by atoms with Crippen molar-refractivity contribution in [1.82, 2.24) is 4.98 Å². The molecule has 0 bridgehead atoms. The first-order chi connectivity index (χ1) is 11.2. The molecule has 23 heavy (non-hydrogen) atoms. The molecule has 0 radical (unpaired) electrons. The highest BCUT2D eigenvalue weighted by Crippen LogP contribution is 2.32. The summed E-state index contributed by atoms with van der Waals surface area (Å²) in [4.78, 5) is 15.1. The number of hydrogen-bond acceptors (Lipinski definition) is 3. The Hall–Kier alpha value is -3.32. The van der Waals surface area contributed by atoms with Crippen molar-refractivity contribution in [3.05, 3.63) is 76.6 Å². The van der Waals surface area contributed by atoms with Gasteiger partial charge in [-0.3, -0.25) is 4.79 Å². The van der Waals surface area contributed by atoms with Crippen molar-refractivity contribution in [3.8, 4) is 34.2 Å². The number of para-hydroxylation sites is 1. The Morgan fingerprint density at radius 2 is 1.70 bits per heavy atom. The van der Waals surface area contributed by atoms with Gasteiger partial charge in [0.05, 0.1) is 7.11 Å². The van der Waals surface area contributed by atoms with E-state index in [0.29, 0.717) is 17.0 Å². The van der Waals surface area contributed by atoms with Gasteiger partial charge in [0.15, 0.2) is 0 Å². The van der Waals surface area contributed by atoms with E-state index >= 15 is 0 Å². The van der Waals surface area contributed by atoms with Crippen LogP contribution < -0.4 is 10.3 Å². The second kappa shape index (κ2) is 6.20. The van der Waals surface area contributed by atoms with Crippen molar-refractivity contribution in [2.75, 3.05) is 7.11 Å². The molecule has 0 unspecified atom stereocenters. The number of nitrogens with zero attached hydrogens (tertiary/aromatic N) is 1. The number of rotatable bonds is 3. The molecule has 3 aromatic rings. The molecule has 1 N–H and O–H groups in total. The van der Waals surface area contributed by atoms with E-state index in [9.17, 15) is 10.1 Å². The highest BCUT2D eigenvalue weighted by atomic mass is 16.5. The average molecular weight is 302 g/mol. The quantitative estimate of drug-likeness (QED) is 0.804. The summed E-state index contributed by atoms with van der Waals surface area (Å²) in [7, 11) is 1.57. The van der Waals surface area contributed by atoms with Crippen molar-refractivity contribution in [3.63, 3.8) is 0 Å². The number of aromatic amines is 1. The van der Waals surface area contributed by atoms with E-state index in [2.05, 4.69) is 4.98 Å². The van der Waals surface area contributed by atoms with E-state index in [1.807, 2.05) is 60.7 Å². The van der Waals surface area contributed by atoms with E-state index in [1.165, 1.54) is 0 Å². The molecule has 0 saturated heterocycles. The SMILES string of the molecule is COc1ccccc1-c1cc(-c2ccccc2)[nH]c(=O)c1C#N. The van der Waals surface area contributed by atoms with Crippen LogP contribution in [0.1, 0.15) is 5.56 Å². The van der Waals surface area contributed by atoms with E-state index < -0.39 is 5.56 Å². The summed E-state index contributed by atoms with van der Waals surface area (Å²) in [5.74, 6) is 0.619. The second-order valence-electron chi connectivity index (χ2n) is 4.98. The predicted octanol–water partition coefficient (Wildman–Crippen LogP) is 3.59. The van der Waals surface area contributed by atoms with Crippen molar-refractivity contribution in [2.24, 2.45) is 0 Å². The van der Waals surface area contributed by atoms with E-state index in [1.54, 1.807) is 13.2 Å². The lowest BCUT2D eigenvalue weighted by Gasteiger charge is -2.11. The van der Waals surface area contributed by atoms with E-state index in [4.69, 9.17) is 4.74 Å². The maximum absolute atomic E-state index is 12.3. The number of aromatic nitrogens is 1. The number of nitriles is 1. The molecule has 0 atom stereocenters. The molecule has 3 rings (SSSR count). The van der Waals surface area contributed by atoms with Crippen LogP contribution in [0.4, 0.5) is 0 Å². The number of pyridine rings is 1. The zero-order chi connectivity index (χ0) is 16.2. The number of hydrogen-bond donors (Lipinski definition) is 1. The molecule has 4 heteroatoms. The largest absolute Gasteiger partial charge is 0.496 e. The second-order valence-corrected chi connectivity index (χ2v) is 4.98. The van der Waals surface area contributed by atoms with Crippen LogP contribution in [0.25, 0.3) is 22.4 Å². The Morgan fingerprint density at radius 3 is 2.39 bits per heavy atom. The molecule has 2 aromatic carbocycles. The number of ether oxygens (including phenoxy) is 1. The Labute approximate surface area is 133 Å². The molecule has 4 nitrogen and oxygen atoms in total. The predicted molar refractivity (Wildman–Crippen MR) is 89.2 cm³/mol. The average Bonchev–Trinajstić information content (AvgIpc) is 2.61. The summed E-state index contributed by atoms with van der Waals surface area (Å²) in [6, 6.07) is 20.7. The fourth-order valence-electron chi connectivity index (χ4n) is 2.52. The molecule has 0 fully saturated rings. The van der Waals surface area contributed by atoms with Gasteiger partial charge < -0.3 is 9.72 Å². The van der Waals surface area contributed by atoms with Gasteiger partial charge in [-0.05, 0) is 17.7 Å². The summed E-state index contributed by atoms with van der Waals surface area (Å²) in [5.41, 5.74) is 2.49. The Bertz CT molecular complexity index is 938. The number of nitrogens with one attached hydrogen (secondary N) is 1. The summed E-state index contributed by atoms with van der Waals surface area (Å²) in [6.45, 7) is 0. The summed E-state index contributed by atoms with van der Waals surface area (Å²) >= 11 is 0. The van der Waals surface area contributed by atoms with Crippen LogP contribution in [-0.4, -0.2) is 12.1 Å².